The first-order valence-electron chi connectivity index (χ1n) is 7.18. The van der Waals surface area contributed by atoms with Gasteiger partial charge in [-0.05, 0) is 43.3 Å². The van der Waals surface area contributed by atoms with Crippen LogP contribution in [-0.2, 0) is 5.60 Å². The number of rotatable bonds is 5. The number of aliphatic hydroxyl groups is 1. The Morgan fingerprint density at radius 1 is 1.38 bits per heavy atom. The number of benzene rings is 1. The van der Waals surface area contributed by atoms with Crippen LogP contribution in [0.5, 0.6) is 0 Å². The van der Waals surface area contributed by atoms with Crippen LogP contribution in [0.15, 0.2) is 53.3 Å². The normalized spacial score (nSPS) is 13.5. The average molecular weight is 330 g/mol. The zero-order chi connectivity index (χ0) is 17.2. The molecular weight excluding hydrogens is 315 g/mol. The van der Waals surface area contributed by atoms with Gasteiger partial charge >= 0.3 is 0 Å². The molecule has 1 atom stereocenters. The van der Waals surface area contributed by atoms with Gasteiger partial charge in [-0.1, -0.05) is 5.21 Å². The van der Waals surface area contributed by atoms with Gasteiger partial charge in [0, 0.05) is 0 Å². The fourth-order valence-corrected chi connectivity index (χ4v) is 2.10. The van der Waals surface area contributed by atoms with E-state index in [2.05, 4.69) is 15.6 Å². The molecule has 24 heavy (non-hydrogen) atoms. The highest BCUT2D eigenvalue weighted by molar-refractivity contribution is 5.91. The van der Waals surface area contributed by atoms with E-state index in [-0.39, 0.29) is 18.1 Å². The van der Waals surface area contributed by atoms with Gasteiger partial charge in [0.1, 0.15) is 17.2 Å². The lowest BCUT2D eigenvalue weighted by Gasteiger charge is -2.20. The molecule has 0 aliphatic carbocycles. The number of aromatic nitrogens is 3. The molecule has 0 fully saturated rings. The van der Waals surface area contributed by atoms with Crippen LogP contribution in [0, 0.1) is 5.82 Å². The number of halogens is 1. The van der Waals surface area contributed by atoms with E-state index in [4.69, 9.17) is 4.42 Å². The van der Waals surface area contributed by atoms with Crippen LogP contribution in [0.25, 0.3) is 5.69 Å². The molecule has 8 heteroatoms. The molecule has 2 aromatic heterocycles. The maximum Gasteiger partial charge on any atom is 0.273 e. The summed E-state index contributed by atoms with van der Waals surface area (Å²) >= 11 is 0. The molecule has 124 valence electrons. The quantitative estimate of drug-likeness (QED) is 0.742. The number of hydrogen-bond acceptors (Lipinski definition) is 5. The molecule has 7 nitrogen and oxygen atoms in total. The number of carbonyl (C=O) groups excluding carboxylic acids is 1. The topological polar surface area (TPSA) is 93.2 Å². The molecule has 1 aromatic carbocycles. The van der Waals surface area contributed by atoms with Crippen molar-refractivity contribution in [2.75, 3.05) is 6.54 Å². The summed E-state index contributed by atoms with van der Waals surface area (Å²) in [4.78, 5) is 12.1. The Kier molecular flexibility index (Phi) is 4.13. The standard InChI is InChI=1S/C16H15FN4O3/c1-16(23,14-3-2-8-24-14)10-18-15(22)13-9-21(20-19-13)12-6-4-11(17)5-7-12/h2-9,23H,10H2,1H3,(H,18,22). The van der Waals surface area contributed by atoms with E-state index in [0.717, 1.165) is 0 Å². The number of nitrogens with zero attached hydrogens (tertiary/aromatic N) is 3. The van der Waals surface area contributed by atoms with Crippen LogP contribution >= 0.6 is 0 Å². The molecule has 3 aromatic rings. The van der Waals surface area contributed by atoms with Crippen molar-refractivity contribution in [1.82, 2.24) is 20.3 Å². The maximum absolute atomic E-state index is 12.9. The zero-order valence-corrected chi connectivity index (χ0v) is 12.8. The van der Waals surface area contributed by atoms with Crippen LogP contribution in [0.1, 0.15) is 23.2 Å². The van der Waals surface area contributed by atoms with E-state index < -0.39 is 11.5 Å². The Bertz CT molecular complexity index is 825. The van der Waals surface area contributed by atoms with E-state index in [1.165, 1.54) is 48.3 Å². The van der Waals surface area contributed by atoms with Crippen LogP contribution in [0.2, 0.25) is 0 Å². The summed E-state index contributed by atoms with van der Waals surface area (Å²) in [5.74, 6) is -0.509. The van der Waals surface area contributed by atoms with Gasteiger partial charge in [0.25, 0.3) is 5.91 Å². The first-order chi connectivity index (χ1) is 11.5. The van der Waals surface area contributed by atoms with Crippen molar-refractivity contribution in [2.45, 2.75) is 12.5 Å². The fourth-order valence-electron chi connectivity index (χ4n) is 2.10. The summed E-state index contributed by atoms with van der Waals surface area (Å²) in [6, 6.07) is 8.90. The highest BCUT2D eigenvalue weighted by Gasteiger charge is 2.27. The number of amides is 1. The number of nitrogens with one attached hydrogen (secondary N) is 1. The first kappa shape index (κ1) is 15.9. The van der Waals surface area contributed by atoms with Crippen LogP contribution in [0.3, 0.4) is 0 Å². The van der Waals surface area contributed by atoms with E-state index >= 15 is 0 Å². The van der Waals surface area contributed by atoms with Crippen LogP contribution < -0.4 is 5.32 Å². The molecule has 3 rings (SSSR count). The highest BCUT2D eigenvalue weighted by Crippen LogP contribution is 2.19. The molecule has 2 N–H and O–H groups in total. The molecule has 1 unspecified atom stereocenters. The van der Waals surface area contributed by atoms with Crippen molar-refractivity contribution in [2.24, 2.45) is 0 Å². The largest absolute Gasteiger partial charge is 0.466 e. The number of carbonyl (C=O) groups is 1. The second-order valence-electron chi connectivity index (χ2n) is 5.46. The lowest BCUT2D eigenvalue weighted by atomic mass is 10.0. The number of hydrogen-bond donors (Lipinski definition) is 2. The first-order valence-corrected chi connectivity index (χ1v) is 7.18. The molecule has 0 aliphatic heterocycles. The third kappa shape index (κ3) is 3.33. The van der Waals surface area contributed by atoms with Gasteiger partial charge in [-0.25, -0.2) is 9.07 Å². The van der Waals surface area contributed by atoms with Gasteiger partial charge < -0.3 is 14.8 Å². The Hall–Kier alpha value is -3.00. The molecule has 2 heterocycles. The summed E-state index contributed by atoms with van der Waals surface area (Å²) in [7, 11) is 0. The average Bonchev–Trinajstić information content (AvgIpc) is 3.25. The van der Waals surface area contributed by atoms with E-state index in [1.54, 1.807) is 12.1 Å². The molecule has 0 spiro atoms. The minimum Gasteiger partial charge on any atom is -0.466 e. The summed E-state index contributed by atoms with van der Waals surface area (Å²) in [6.45, 7) is 1.48. The second-order valence-corrected chi connectivity index (χ2v) is 5.46. The highest BCUT2D eigenvalue weighted by atomic mass is 19.1. The molecule has 0 radical (unpaired) electrons. The number of furan rings is 1. The Morgan fingerprint density at radius 3 is 2.79 bits per heavy atom. The zero-order valence-electron chi connectivity index (χ0n) is 12.8. The predicted molar refractivity (Wildman–Crippen MR) is 81.9 cm³/mol. The van der Waals surface area contributed by atoms with Gasteiger partial charge in [0.15, 0.2) is 5.69 Å². The van der Waals surface area contributed by atoms with E-state index in [1.807, 2.05) is 0 Å². The monoisotopic (exact) mass is 330 g/mol. The molecular formula is C16H15FN4O3. The molecule has 0 bridgehead atoms. The SMILES string of the molecule is CC(O)(CNC(=O)c1cn(-c2ccc(F)cc2)nn1)c1ccco1. The summed E-state index contributed by atoms with van der Waals surface area (Å²) in [6.07, 6.45) is 2.87. The fraction of sp³-hybridized carbons (Fsp3) is 0.188. The summed E-state index contributed by atoms with van der Waals surface area (Å²) in [5.41, 5.74) is -0.688. The van der Waals surface area contributed by atoms with Crippen molar-refractivity contribution in [3.8, 4) is 5.69 Å². The van der Waals surface area contributed by atoms with Gasteiger partial charge in [0.05, 0.1) is 24.7 Å². The van der Waals surface area contributed by atoms with Gasteiger partial charge in [-0.3, -0.25) is 4.79 Å². The minimum atomic E-state index is -1.34. The molecule has 0 saturated heterocycles. The summed E-state index contributed by atoms with van der Waals surface area (Å²) in [5, 5.41) is 20.5. The minimum absolute atomic E-state index is 0.0528. The van der Waals surface area contributed by atoms with Gasteiger partial charge in [-0.2, -0.15) is 0 Å². The van der Waals surface area contributed by atoms with Crippen molar-refractivity contribution >= 4 is 5.91 Å². The van der Waals surface area contributed by atoms with Crippen molar-refractivity contribution < 1.29 is 18.7 Å². The van der Waals surface area contributed by atoms with Crippen LogP contribution in [0.4, 0.5) is 4.39 Å². The van der Waals surface area contributed by atoms with Crippen molar-refractivity contribution in [3.05, 3.63) is 66.1 Å². The Labute approximate surface area is 136 Å². The lowest BCUT2D eigenvalue weighted by molar-refractivity contribution is 0.0329. The summed E-state index contributed by atoms with van der Waals surface area (Å²) < 4.78 is 19.4. The van der Waals surface area contributed by atoms with Crippen LogP contribution in [-0.4, -0.2) is 32.6 Å². The van der Waals surface area contributed by atoms with E-state index in [0.29, 0.717) is 11.4 Å². The van der Waals surface area contributed by atoms with Gasteiger partial charge in [0.2, 0.25) is 0 Å². The lowest BCUT2D eigenvalue weighted by Crippen LogP contribution is -2.38. The molecule has 1 amide bonds. The third-order valence-corrected chi connectivity index (χ3v) is 3.46. The smallest absolute Gasteiger partial charge is 0.273 e. The predicted octanol–water partition coefficient (Wildman–Crippen LogP) is 1.64. The second kappa shape index (κ2) is 6.25. The Morgan fingerprint density at radius 2 is 2.12 bits per heavy atom. The van der Waals surface area contributed by atoms with Gasteiger partial charge in [-0.15, -0.1) is 5.10 Å². The molecule has 0 aliphatic rings. The Balaban J connectivity index is 1.67. The van der Waals surface area contributed by atoms with Crippen molar-refractivity contribution in [3.63, 3.8) is 0 Å². The van der Waals surface area contributed by atoms with E-state index in [9.17, 15) is 14.3 Å². The van der Waals surface area contributed by atoms with Crippen molar-refractivity contribution in [1.29, 1.82) is 0 Å². The molecule has 0 saturated carbocycles. The maximum atomic E-state index is 12.9. The third-order valence-electron chi connectivity index (χ3n) is 3.46.